The lowest BCUT2D eigenvalue weighted by atomic mass is 10.4. The minimum absolute atomic E-state index is 0.268. The zero-order valence-electron chi connectivity index (χ0n) is 6.77. The maximum absolute atomic E-state index is 10.4. The third-order valence-electron chi connectivity index (χ3n) is 1.02. The highest BCUT2D eigenvalue weighted by molar-refractivity contribution is 9.14. The molecular weight excluding hydrogens is 288 g/mol. The number of rotatable bonds is 4. The average molecular weight is 298 g/mol. The lowest BCUT2D eigenvalue weighted by molar-refractivity contribution is -0.139. The topological polar surface area (TPSA) is 26.3 Å². The molecule has 2 nitrogen and oxygen atoms in total. The molecule has 0 aromatic rings. The second-order valence-electron chi connectivity index (χ2n) is 2.08. The van der Waals surface area contributed by atoms with E-state index < -0.39 is 0 Å². The van der Waals surface area contributed by atoms with Gasteiger partial charge < -0.3 is 4.74 Å². The van der Waals surface area contributed by atoms with Crippen LogP contribution in [0.3, 0.4) is 0 Å². The Balaban J connectivity index is 3.98. The summed E-state index contributed by atoms with van der Waals surface area (Å²) >= 11 is 6.60. The van der Waals surface area contributed by atoms with E-state index in [2.05, 4.69) is 38.4 Å². The molecule has 0 amide bonds. The van der Waals surface area contributed by atoms with Gasteiger partial charge in [0.05, 0.1) is 0 Å². The van der Waals surface area contributed by atoms with E-state index in [1.807, 2.05) is 0 Å². The molecule has 0 saturated heterocycles. The van der Waals surface area contributed by atoms with Crippen LogP contribution in [0.2, 0.25) is 0 Å². The Morgan fingerprint density at radius 3 is 2.50 bits per heavy atom. The Morgan fingerprint density at radius 2 is 2.08 bits per heavy atom. The number of esters is 1. The molecule has 0 spiro atoms. The fourth-order valence-corrected chi connectivity index (χ4v) is 1.10. The van der Waals surface area contributed by atoms with E-state index in [1.54, 1.807) is 6.08 Å². The summed E-state index contributed by atoms with van der Waals surface area (Å²) in [5.74, 6) is -0.286. The molecule has 0 rings (SSSR count). The predicted molar refractivity (Wildman–Crippen MR) is 56.3 cm³/mol. The van der Waals surface area contributed by atoms with Crippen molar-refractivity contribution in [2.75, 3.05) is 6.61 Å². The maximum atomic E-state index is 10.4. The van der Waals surface area contributed by atoms with Crippen molar-refractivity contribution in [1.82, 2.24) is 0 Å². The van der Waals surface area contributed by atoms with E-state index in [1.165, 1.54) is 6.92 Å². The molecule has 0 aliphatic heterocycles. The van der Waals surface area contributed by atoms with Gasteiger partial charge in [-0.3, -0.25) is 4.79 Å². The van der Waals surface area contributed by atoms with Gasteiger partial charge in [-0.2, -0.15) is 0 Å². The van der Waals surface area contributed by atoms with Crippen LogP contribution in [0.15, 0.2) is 21.6 Å². The number of halogens is 2. The number of ether oxygens (including phenoxy) is 1. The number of carbonyl (C=O) groups is 1. The molecule has 0 aromatic heterocycles. The molecule has 0 aromatic carbocycles. The molecule has 0 unspecified atom stereocenters. The third kappa shape index (κ3) is 5.55. The van der Waals surface area contributed by atoms with Crippen LogP contribution >= 0.6 is 31.9 Å². The fraction of sp³-hybridized carbons (Fsp3) is 0.375. The molecule has 0 saturated carbocycles. The van der Waals surface area contributed by atoms with Crippen molar-refractivity contribution in [3.63, 3.8) is 0 Å². The predicted octanol–water partition coefficient (Wildman–Crippen LogP) is 3.13. The lowest BCUT2D eigenvalue weighted by Gasteiger charge is -2.02. The standard InChI is InChI=1S/C8H10Br2O2/c1-3-4-7(9)8(10)5-12-6(2)11/h3H,1,4-5H2,2H3/b8-7+. The maximum Gasteiger partial charge on any atom is 0.302 e. The number of carbonyl (C=O) groups excluding carboxylic acids is 1. The smallest absolute Gasteiger partial charge is 0.302 e. The Labute approximate surface area is 88.9 Å². The van der Waals surface area contributed by atoms with E-state index in [-0.39, 0.29) is 12.6 Å². The van der Waals surface area contributed by atoms with Crippen molar-refractivity contribution in [1.29, 1.82) is 0 Å². The van der Waals surface area contributed by atoms with E-state index in [9.17, 15) is 4.79 Å². The van der Waals surface area contributed by atoms with Gasteiger partial charge in [-0.1, -0.05) is 37.9 Å². The Kier molecular flexibility index (Phi) is 6.38. The Morgan fingerprint density at radius 1 is 1.50 bits per heavy atom. The normalized spacial score (nSPS) is 11.9. The first-order chi connectivity index (χ1) is 5.57. The first-order valence-electron chi connectivity index (χ1n) is 3.35. The van der Waals surface area contributed by atoms with Gasteiger partial charge in [-0.05, 0) is 6.42 Å². The summed E-state index contributed by atoms with van der Waals surface area (Å²) in [4.78, 5) is 10.4. The van der Waals surface area contributed by atoms with Gasteiger partial charge in [-0.15, -0.1) is 6.58 Å². The third-order valence-corrected chi connectivity index (χ3v) is 3.06. The molecule has 4 heteroatoms. The molecule has 0 aliphatic rings. The first kappa shape index (κ1) is 11.9. The SMILES string of the molecule is C=CC/C(Br)=C(\Br)COC(C)=O. The average Bonchev–Trinajstić information content (AvgIpc) is 2.00. The Bertz CT molecular complexity index is 209. The molecule has 0 fully saturated rings. The van der Waals surface area contributed by atoms with Gasteiger partial charge in [0.2, 0.25) is 0 Å². The van der Waals surface area contributed by atoms with Crippen LogP contribution in [0.1, 0.15) is 13.3 Å². The first-order valence-corrected chi connectivity index (χ1v) is 4.93. The zero-order valence-corrected chi connectivity index (χ0v) is 9.94. The quantitative estimate of drug-likeness (QED) is 0.589. The van der Waals surface area contributed by atoms with E-state index in [4.69, 9.17) is 4.74 Å². The summed E-state index contributed by atoms with van der Waals surface area (Å²) in [6, 6.07) is 0. The largest absolute Gasteiger partial charge is 0.460 e. The molecule has 0 radical (unpaired) electrons. The summed E-state index contributed by atoms with van der Waals surface area (Å²) in [5.41, 5.74) is 0. The van der Waals surface area contributed by atoms with E-state index in [0.29, 0.717) is 0 Å². The van der Waals surface area contributed by atoms with Crippen LogP contribution in [0, 0.1) is 0 Å². The second-order valence-corrected chi connectivity index (χ2v) is 4.00. The molecular formula is C8H10Br2O2. The molecule has 12 heavy (non-hydrogen) atoms. The molecule has 0 heterocycles. The molecule has 0 bridgehead atoms. The molecule has 0 aliphatic carbocycles. The summed E-state index contributed by atoms with van der Waals surface area (Å²) in [6.45, 7) is 5.23. The number of hydrogen-bond donors (Lipinski definition) is 0. The second kappa shape index (κ2) is 6.43. The highest BCUT2D eigenvalue weighted by Crippen LogP contribution is 2.21. The monoisotopic (exact) mass is 296 g/mol. The summed E-state index contributed by atoms with van der Waals surface area (Å²) in [7, 11) is 0. The van der Waals surface area contributed by atoms with Crippen LogP contribution in [-0.2, 0) is 9.53 Å². The minimum Gasteiger partial charge on any atom is -0.460 e. The van der Waals surface area contributed by atoms with Crippen molar-refractivity contribution in [2.45, 2.75) is 13.3 Å². The summed E-state index contributed by atoms with van der Waals surface area (Å²) in [6.07, 6.45) is 2.49. The Hall–Kier alpha value is -0.0900. The van der Waals surface area contributed by atoms with Crippen molar-refractivity contribution in [2.24, 2.45) is 0 Å². The number of allylic oxidation sites excluding steroid dienone is 2. The molecule has 0 N–H and O–H groups in total. The van der Waals surface area contributed by atoms with Crippen LogP contribution in [0.5, 0.6) is 0 Å². The van der Waals surface area contributed by atoms with Gasteiger partial charge in [0.1, 0.15) is 6.61 Å². The highest BCUT2D eigenvalue weighted by Gasteiger charge is 2.01. The lowest BCUT2D eigenvalue weighted by Crippen LogP contribution is -2.00. The van der Waals surface area contributed by atoms with Gasteiger partial charge >= 0.3 is 5.97 Å². The fourth-order valence-electron chi connectivity index (χ4n) is 0.481. The van der Waals surface area contributed by atoms with Crippen LogP contribution < -0.4 is 0 Å². The summed E-state index contributed by atoms with van der Waals surface area (Å²) < 4.78 is 6.54. The van der Waals surface area contributed by atoms with Gasteiger partial charge in [0.25, 0.3) is 0 Å². The van der Waals surface area contributed by atoms with Crippen molar-refractivity contribution < 1.29 is 9.53 Å². The van der Waals surface area contributed by atoms with Crippen LogP contribution in [0.25, 0.3) is 0 Å². The minimum atomic E-state index is -0.286. The van der Waals surface area contributed by atoms with Gasteiger partial charge in [0.15, 0.2) is 0 Å². The van der Waals surface area contributed by atoms with Crippen molar-refractivity contribution in [3.05, 3.63) is 21.6 Å². The van der Waals surface area contributed by atoms with Crippen molar-refractivity contribution >= 4 is 37.8 Å². The molecule has 68 valence electrons. The van der Waals surface area contributed by atoms with Crippen molar-refractivity contribution in [3.8, 4) is 0 Å². The summed E-state index contributed by atoms with van der Waals surface area (Å²) in [5, 5.41) is 0. The van der Waals surface area contributed by atoms with E-state index in [0.717, 1.165) is 15.4 Å². The van der Waals surface area contributed by atoms with Crippen LogP contribution in [-0.4, -0.2) is 12.6 Å². The zero-order chi connectivity index (χ0) is 9.56. The van der Waals surface area contributed by atoms with Gasteiger partial charge in [0, 0.05) is 15.9 Å². The number of hydrogen-bond acceptors (Lipinski definition) is 2. The van der Waals surface area contributed by atoms with Gasteiger partial charge in [-0.25, -0.2) is 0 Å². The molecule has 0 atom stereocenters. The highest BCUT2D eigenvalue weighted by atomic mass is 79.9. The van der Waals surface area contributed by atoms with E-state index >= 15 is 0 Å². The van der Waals surface area contributed by atoms with Crippen LogP contribution in [0.4, 0.5) is 0 Å².